The van der Waals surface area contributed by atoms with E-state index in [0.717, 1.165) is 5.69 Å². The number of carboxylic acids is 1. The molecule has 1 heterocycles. The van der Waals surface area contributed by atoms with Gasteiger partial charge in [-0.15, -0.1) is 0 Å². The molecule has 0 aliphatic rings. The molecule has 0 fully saturated rings. The maximum absolute atomic E-state index is 11.9. The van der Waals surface area contributed by atoms with Gasteiger partial charge in [0.05, 0.1) is 6.61 Å². The van der Waals surface area contributed by atoms with Crippen molar-refractivity contribution in [2.45, 2.75) is 13.8 Å². The molecule has 20 heavy (non-hydrogen) atoms. The molecular weight excluding hydrogens is 258 g/mol. The predicted octanol–water partition coefficient (Wildman–Crippen LogP) is 2.24. The van der Waals surface area contributed by atoms with Crippen molar-refractivity contribution in [1.82, 2.24) is 4.57 Å². The van der Waals surface area contributed by atoms with Crippen molar-refractivity contribution in [2.24, 2.45) is 0 Å². The van der Waals surface area contributed by atoms with Gasteiger partial charge in [0.15, 0.2) is 11.0 Å². The Kier molecular flexibility index (Phi) is 3.89. The maximum atomic E-state index is 11.9. The number of carbonyl (C=O) groups is 1. The van der Waals surface area contributed by atoms with Crippen molar-refractivity contribution >= 4 is 5.97 Å². The number of aromatic carboxylic acids is 1. The van der Waals surface area contributed by atoms with Crippen LogP contribution < -0.4 is 10.2 Å². The van der Waals surface area contributed by atoms with Gasteiger partial charge in [-0.05, 0) is 26.0 Å². The molecule has 5 heteroatoms. The predicted molar refractivity (Wildman–Crippen MR) is 74.9 cm³/mol. The maximum Gasteiger partial charge on any atom is 0.345 e. The smallest absolute Gasteiger partial charge is 0.345 e. The molecule has 0 aliphatic heterocycles. The minimum absolute atomic E-state index is 0.0659. The van der Waals surface area contributed by atoms with Crippen LogP contribution in [0.4, 0.5) is 0 Å². The summed E-state index contributed by atoms with van der Waals surface area (Å²) in [5.41, 5.74) is 0.470. The molecule has 104 valence electrons. The average molecular weight is 273 g/mol. The molecule has 1 aromatic heterocycles. The third-order valence-electron chi connectivity index (χ3n) is 2.87. The fourth-order valence-corrected chi connectivity index (χ4v) is 2.07. The zero-order chi connectivity index (χ0) is 14.7. The van der Waals surface area contributed by atoms with Gasteiger partial charge in [0, 0.05) is 17.4 Å². The lowest BCUT2D eigenvalue weighted by Gasteiger charge is -2.18. The first-order chi connectivity index (χ1) is 9.56. The minimum atomic E-state index is -1.29. The molecule has 0 spiro atoms. The van der Waals surface area contributed by atoms with E-state index in [1.165, 1.54) is 6.07 Å². The highest BCUT2D eigenvalue weighted by molar-refractivity contribution is 5.90. The van der Waals surface area contributed by atoms with E-state index in [9.17, 15) is 14.7 Å². The van der Waals surface area contributed by atoms with Crippen LogP contribution in [0.25, 0.3) is 5.69 Å². The zero-order valence-corrected chi connectivity index (χ0v) is 11.3. The van der Waals surface area contributed by atoms with Crippen LogP contribution in [0.3, 0.4) is 0 Å². The number of hydrogen-bond acceptors (Lipinski definition) is 3. The number of carboxylic acid groups (broad SMARTS) is 1. The highest BCUT2D eigenvalue weighted by atomic mass is 16.5. The molecule has 0 amide bonds. The largest absolute Gasteiger partial charge is 0.478 e. The lowest BCUT2D eigenvalue weighted by atomic mass is 10.2. The second-order valence-electron chi connectivity index (χ2n) is 4.24. The molecule has 2 aromatic rings. The SMILES string of the molecule is CCOc1c(C(=O)O)c(=O)cc(C)n1-c1ccccc1. The number of pyridine rings is 1. The Labute approximate surface area is 116 Å². The van der Waals surface area contributed by atoms with E-state index in [1.807, 2.05) is 30.3 Å². The highest BCUT2D eigenvalue weighted by Crippen LogP contribution is 2.23. The van der Waals surface area contributed by atoms with Crippen LogP contribution in [0, 0.1) is 6.92 Å². The van der Waals surface area contributed by atoms with E-state index >= 15 is 0 Å². The molecule has 1 aromatic carbocycles. The molecule has 0 saturated carbocycles. The van der Waals surface area contributed by atoms with Crippen LogP contribution in [0.5, 0.6) is 5.88 Å². The molecule has 0 bridgehead atoms. The van der Waals surface area contributed by atoms with Crippen molar-refractivity contribution in [3.05, 3.63) is 57.9 Å². The first-order valence-electron chi connectivity index (χ1n) is 6.24. The van der Waals surface area contributed by atoms with Crippen molar-refractivity contribution in [2.75, 3.05) is 6.61 Å². The highest BCUT2D eigenvalue weighted by Gasteiger charge is 2.21. The summed E-state index contributed by atoms with van der Waals surface area (Å²) in [6.45, 7) is 3.76. The van der Waals surface area contributed by atoms with Gasteiger partial charge in [-0.3, -0.25) is 9.36 Å². The lowest BCUT2D eigenvalue weighted by molar-refractivity contribution is 0.0689. The second-order valence-corrected chi connectivity index (χ2v) is 4.24. The van der Waals surface area contributed by atoms with Crippen molar-refractivity contribution in [1.29, 1.82) is 0 Å². The first kappa shape index (κ1) is 13.9. The third kappa shape index (κ3) is 2.42. The summed E-state index contributed by atoms with van der Waals surface area (Å²) < 4.78 is 7.06. The standard InChI is InChI=1S/C15H15NO4/c1-3-20-14-13(15(18)19)12(17)9-10(2)16(14)11-7-5-4-6-8-11/h4-9H,3H2,1-2H3,(H,18,19). The van der Waals surface area contributed by atoms with Crippen molar-refractivity contribution < 1.29 is 14.6 Å². The number of aromatic nitrogens is 1. The molecule has 0 atom stereocenters. The normalized spacial score (nSPS) is 10.3. The number of benzene rings is 1. The number of nitrogens with zero attached hydrogens (tertiary/aromatic N) is 1. The summed E-state index contributed by atoms with van der Waals surface area (Å²) in [6.07, 6.45) is 0. The molecule has 0 radical (unpaired) electrons. The first-order valence-corrected chi connectivity index (χ1v) is 6.24. The van der Waals surface area contributed by atoms with Gasteiger partial charge in [0.25, 0.3) is 0 Å². The monoisotopic (exact) mass is 273 g/mol. The average Bonchev–Trinajstić information content (AvgIpc) is 2.39. The van der Waals surface area contributed by atoms with Gasteiger partial charge < -0.3 is 9.84 Å². The summed E-state index contributed by atoms with van der Waals surface area (Å²) >= 11 is 0. The van der Waals surface area contributed by atoms with Gasteiger partial charge in [-0.1, -0.05) is 18.2 Å². The van der Waals surface area contributed by atoms with Crippen molar-refractivity contribution in [3.63, 3.8) is 0 Å². The van der Waals surface area contributed by atoms with Crippen LogP contribution in [0.1, 0.15) is 23.0 Å². The van der Waals surface area contributed by atoms with Gasteiger partial charge >= 0.3 is 5.97 Å². The Hall–Kier alpha value is -2.56. The van der Waals surface area contributed by atoms with Gasteiger partial charge in [-0.2, -0.15) is 0 Å². The molecule has 5 nitrogen and oxygen atoms in total. The summed E-state index contributed by atoms with van der Waals surface area (Å²) in [5, 5.41) is 9.24. The number of hydrogen-bond donors (Lipinski definition) is 1. The van der Waals surface area contributed by atoms with E-state index in [-0.39, 0.29) is 18.1 Å². The van der Waals surface area contributed by atoms with Crippen LogP contribution >= 0.6 is 0 Å². The van der Waals surface area contributed by atoms with E-state index in [4.69, 9.17) is 4.74 Å². The zero-order valence-electron chi connectivity index (χ0n) is 11.3. The van der Waals surface area contributed by atoms with Crippen LogP contribution in [-0.4, -0.2) is 22.2 Å². The van der Waals surface area contributed by atoms with E-state index < -0.39 is 11.4 Å². The number of rotatable bonds is 4. The van der Waals surface area contributed by atoms with Gasteiger partial charge in [0.1, 0.15) is 0 Å². The Bertz CT molecular complexity index is 689. The molecule has 2 rings (SSSR count). The Morgan fingerprint density at radius 2 is 1.95 bits per heavy atom. The fourth-order valence-electron chi connectivity index (χ4n) is 2.07. The van der Waals surface area contributed by atoms with Crippen LogP contribution in [-0.2, 0) is 0 Å². The lowest BCUT2D eigenvalue weighted by Crippen LogP contribution is -2.22. The number of para-hydroxylation sites is 1. The van der Waals surface area contributed by atoms with Crippen molar-refractivity contribution in [3.8, 4) is 11.6 Å². The topological polar surface area (TPSA) is 68.5 Å². The summed E-state index contributed by atoms with van der Waals surface area (Å²) in [6, 6.07) is 10.5. The molecule has 0 aliphatic carbocycles. The minimum Gasteiger partial charge on any atom is -0.478 e. The Morgan fingerprint density at radius 3 is 2.50 bits per heavy atom. The second kappa shape index (κ2) is 5.61. The summed E-state index contributed by atoms with van der Waals surface area (Å²) in [5.74, 6) is -1.22. The fraction of sp³-hybridized carbons (Fsp3) is 0.200. The number of ether oxygens (including phenoxy) is 1. The van der Waals surface area contributed by atoms with E-state index in [1.54, 1.807) is 18.4 Å². The molecular formula is C15H15NO4. The summed E-state index contributed by atoms with van der Waals surface area (Å²) in [7, 11) is 0. The Morgan fingerprint density at radius 1 is 1.30 bits per heavy atom. The summed E-state index contributed by atoms with van der Waals surface area (Å²) in [4.78, 5) is 23.2. The van der Waals surface area contributed by atoms with Crippen LogP contribution in [0.2, 0.25) is 0 Å². The number of aryl methyl sites for hydroxylation is 1. The van der Waals surface area contributed by atoms with Gasteiger partial charge in [-0.25, -0.2) is 4.79 Å². The van der Waals surface area contributed by atoms with Crippen LogP contribution in [0.15, 0.2) is 41.2 Å². The molecule has 0 saturated heterocycles. The van der Waals surface area contributed by atoms with E-state index in [0.29, 0.717) is 5.69 Å². The molecule has 0 unspecified atom stereocenters. The van der Waals surface area contributed by atoms with E-state index in [2.05, 4.69) is 0 Å². The Balaban J connectivity index is 2.82. The van der Waals surface area contributed by atoms with Gasteiger partial charge in [0.2, 0.25) is 5.88 Å². The quantitative estimate of drug-likeness (QED) is 0.927. The third-order valence-corrected chi connectivity index (χ3v) is 2.87. The molecule has 1 N–H and O–H groups in total.